The summed E-state index contributed by atoms with van der Waals surface area (Å²) in [5.74, 6) is -2.03. The van der Waals surface area contributed by atoms with E-state index in [2.05, 4.69) is 29.9 Å². The van der Waals surface area contributed by atoms with Crippen LogP contribution in [0, 0.1) is 6.92 Å². The Labute approximate surface area is 162 Å². The zero-order chi connectivity index (χ0) is 21.3. The van der Waals surface area contributed by atoms with Crippen molar-refractivity contribution in [2.45, 2.75) is 13.1 Å². The lowest BCUT2D eigenvalue weighted by Gasteiger charge is -2.14. The van der Waals surface area contributed by atoms with Crippen LogP contribution in [0.5, 0.6) is 0 Å². The Morgan fingerprint density at radius 2 is 1.97 bits per heavy atom. The average Bonchev–Trinajstić information content (AvgIpc) is 3.11. The number of aromatic nitrogens is 4. The third-order valence-corrected chi connectivity index (χ3v) is 3.85. The van der Waals surface area contributed by atoms with Crippen LogP contribution in [-0.4, -0.2) is 45.0 Å². The molecule has 0 aliphatic heterocycles. The lowest BCUT2D eigenvalue weighted by molar-refractivity contribution is -0.146. The number of carbonyl (C=O) groups excluding carboxylic acids is 1. The normalized spacial score (nSPS) is 11.4. The molecule has 2 heterocycles. The van der Waals surface area contributed by atoms with E-state index in [4.69, 9.17) is 5.73 Å². The van der Waals surface area contributed by atoms with Gasteiger partial charge in [0, 0.05) is 31.5 Å². The van der Waals surface area contributed by atoms with E-state index in [9.17, 15) is 18.0 Å². The van der Waals surface area contributed by atoms with Crippen molar-refractivity contribution in [3.63, 3.8) is 0 Å². The van der Waals surface area contributed by atoms with Gasteiger partial charge in [-0.1, -0.05) is 5.16 Å². The van der Waals surface area contributed by atoms with Crippen LogP contribution in [-0.2, 0) is 6.18 Å². The second kappa shape index (κ2) is 7.37. The molecule has 0 aliphatic rings. The van der Waals surface area contributed by atoms with Gasteiger partial charge >= 0.3 is 6.18 Å². The van der Waals surface area contributed by atoms with E-state index >= 15 is 0 Å². The molecule has 12 heteroatoms. The number of anilines is 3. The van der Waals surface area contributed by atoms with Gasteiger partial charge in [0.15, 0.2) is 0 Å². The van der Waals surface area contributed by atoms with Crippen LogP contribution in [0.3, 0.4) is 0 Å². The number of carbonyl (C=O) groups is 1. The van der Waals surface area contributed by atoms with Crippen molar-refractivity contribution in [3.8, 4) is 11.5 Å². The molecule has 1 amide bonds. The van der Waals surface area contributed by atoms with Gasteiger partial charge in [0.1, 0.15) is 11.4 Å². The number of nitrogens with two attached hydrogens (primary N) is 1. The molecule has 2 aromatic heterocycles. The Bertz CT molecular complexity index is 1060. The van der Waals surface area contributed by atoms with Gasteiger partial charge in [-0.3, -0.25) is 4.79 Å². The quantitative estimate of drug-likeness (QED) is 0.677. The van der Waals surface area contributed by atoms with Gasteiger partial charge in [-0.25, -0.2) is 4.98 Å². The smallest absolute Gasteiger partial charge is 0.383 e. The summed E-state index contributed by atoms with van der Waals surface area (Å²) >= 11 is 0. The Hall–Kier alpha value is -3.70. The number of nitrogens with zero attached hydrogens (tertiary/aromatic N) is 5. The second-order valence-electron chi connectivity index (χ2n) is 6.27. The van der Waals surface area contributed by atoms with Crippen molar-refractivity contribution in [2.24, 2.45) is 0 Å². The molecule has 0 saturated carbocycles. The van der Waals surface area contributed by atoms with Crippen LogP contribution in [0.1, 0.15) is 21.7 Å². The van der Waals surface area contributed by atoms with E-state index < -0.39 is 17.9 Å². The summed E-state index contributed by atoms with van der Waals surface area (Å²) in [7, 11) is 3.32. The summed E-state index contributed by atoms with van der Waals surface area (Å²) < 4.78 is 42.4. The van der Waals surface area contributed by atoms with Gasteiger partial charge in [0.25, 0.3) is 17.6 Å². The fourth-order valence-corrected chi connectivity index (χ4v) is 2.42. The first-order valence-corrected chi connectivity index (χ1v) is 8.19. The molecule has 29 heavy (non-hydrogen) atoms. The number of benzene rings is 1. The van der Waals surface area contributed by atoms with Crippen molar-refractivity contribution in [3.05, 3.63) is 41.3 Å². The molecule has 0 fully saturated rings. The summed E-state index contributed by atoms with van der Waals surface area (Å²) in [6, 6.07) is 5.07. The number of hydrogen-bond acceptors (Lipinski definition) is 8. The van der Waals surface area contributed by atoms with Gasteiger partial charge in [0.2, 0.25) is 5.95 Å². The van der Waals surface area contributed by atoms with Gasteiger partial charge in [-0.15, -0.1) is 0 Å². The first kappa shape index (κ1) is 20.0. The van der Waals surface area contributed by atoms with Gasteiger partial charge in [-0.2, -0.15) is 23.1 Å². The molecule has 9 nitrogen and oxygen atoms in total. The Kier molecular flexibility index (Phi) is 5.10. The highest BCUT2D eigenvalue weighted by Gasteiger charge is 2.37. The molecule has 0 bridgehead atoms. The molecule has 0 saturated heterocycles. The lowest BCUT2D eigenvalue weighted by atomic mass is 10.1. The topological polar surface area (TPSA) is 123 Å². The number of amides is 1. The first-order chi connectivity index (χ1) is 13.6. The Morgan fingerprint density at radius 1 is 1.24 bits per heavy atom. The highest BCUT2D eigenvalue weighted by atomic mass is 19.4. The zero-order valence-corrected chi connectivity index (χ0v) is 15.6. The number of nitrogens with one attached hydrogen (secondary N) is 1. The van der Waals surface area contributed by atoms with Crippen molar-refractivity contribution in [1.29, 1.82) is 0 Å². The molecule has 0 atom stereocenters. The molecule has 3 N–H and O–H groups in total. The van der Waals surface area contributed by atoms with E-state index in [0.717, 1.165) is 5.56 Å². The third-order valence-electron chi connectivity index (χ3n) is 3.85. The third kappa shape index (κ3) is 4.25. The van der Waals surface area contributed by atoms with Crippen molar-refractivity contribution in [1.82, 2.24) is 25.0 Å². The maximum Gasteiger partial charge on any atom is 0.455 e. The number of nitrogen functional groups attached to an aromatic ring is 1. The van der Waals surface area contributed by atoms with Crippen LogP contribution < -0.4 is 11.1 Å². The number of rotatable bonds is 4. The maximum absolute atomic E-state index is 12.6. The highest BCUT2D eigenvalue weighted by Crippen LogP contribution is 2.30. The van der Waals surface area contributed by atoms with Crippen LogP contribution in [0.15, 0.2) is 28.9 Å². The van der Waals surface area contributed by atoms with Crippen molar-refractivity contribution in [2.75, 3.05) is 25.1 Å². The molecular weight excluding hydrogens is 391 g/mol. The minimum Gasteiger partial charge on any atom is -0.383 e. The molecule has 3 rings (SSSR count). The minimum absolute atomic E-state index is 0.0262. The standard InChI is InChI=1S/C17H16F3N7O2/c1-8-6-9(4-5-10(8)14(28)27(2)3)23-16-22-7-11(12(21)24-16)13-25-15(26-29-13)17(18,19)20/h4-7H,1-3H3,(H3,21,22,23,24). The van der Waals surface area contributed by atoms with E-state index in [0.29, 0.717) is 11.3 Å². The number of alkyl halides is 3. The van der Waals surface area contributed by atoms with Gasteiger partial charge in [0.05, 0.1) is 0 Å². The molecular formula is C17H16F3N7O2. The Morgan fingerprint density at radius 3 is 2.52 bits per heavy atom. The summed E-state index contributed by atoms with van der Waals surface area (Å²) in [6.07, 6.45) is -3.56. The molecule has 0 radical (unpaired) electrons. The van der Waals surface area contributed by atoms with Crippen LogP contribution >= 0.6 is 0 Å². The highest BCUT2D eigenvalue weighted by molar-refractivity contribution is 5.95. The predicted molar refractivity (Wildman–Crippen MR) is 97.2 cm³/mol. The van der Waals surface area contributed by atoms with E-state index in [1.165, 1.54) is 11.1 Å². The number of hydrogen-bond donors (Lipinski definition) is 2. The van der Waals surface area contributed by atoms with Gasteiger partial charge < -0.3 is 20.5 Å². The number of halogens is 3. The zero-order valence-electron chi connectivity index (χ0n) is 15.6. The molecule has 1 aromatic carbocycles. The summed E-state index contributed by atoms with van der Waals surface area (Å²) in [5.41, 5.74) is 7.66. The monoisotopic (exact) mass is 407 g/mol. The molecule has 3 aromatic rings. The van der Waals surface area contributed by atoms with E-state index in [1.54, 1.807) is 39.2 Å². The molecule has 0 unspecified atom stereocenters. The van der Waals surface area contributed by atoms with Crippen LogP contribution in [0.2, 0.25) is 0 Å². The van der Waals surface area contributed by atoms with Gasteiger partial charge in [-0.05, 0) is 30.7 Å². The number of aryl methyl sites for hydroxylation is 1. The largest absolute Gasteiger partial charge is 0.455 e. The lowest BCUT2D eigenvalue weighted by Crippen LogP contribution is -2.22. The first-order valence-electron chi connectivity index (χ1n) is 8.19. The van der Waals surface area contributed by atoms with Crippen molar-refractivity contribution < 1.29 is 22.5 Å². The molecule has 0 aliphatic carbocycles. The Balaban J connectivity index is 1.81. The second-order valence-corrected chi connectivity index (χ2v) is 6.27. The fourth-order valence-electron chi connectivity index (χ4n) is 2.42. The van der Waals surface area contributed by atoms with Crippen LogP contribution in [0.25, 0.3) is 11.5 Å². The summed E-state index contributed by atoms with van der Waals surface area (Å²) in [4.78, 5) is 24.8. The minimum atomic E-state index is -4.74. The maximum atomic E-state index is 12.6. The van der Waals surface area contributed by atoms with E-state index in [1.807, 2.05) is 0 Å². The fraction of sp³-hybridized carbons (Fsp3) is 0.235. The molecule has 0 spiro atoms. The average molecular weight is 407 g/mol. The van der Waals surface area contributed by atoms with Crippen molar-refractivity contribution >= 4 is 23.4 Å². The predicted octanol–water partition coefficient (Wildman–Crippen LogP) is 2.88. The van der Waals surface area contributed by atoms with E-state index in [-0.39, 0.29) is 23.2 Å². The summed E-state index contributed by atoms with van der Waals surface area (Å²) in [6.45, 7) is 1.79. The van der Waals surface area contributed by atoms with Crippen LogP contribution in [0.4, 0.5) is 30.6 Å². The SMILES string of the molecule is Cc1cc(Nc2ncc(-c3nc(C(F)(F)F)no3)c(N)n2)ccc1C(=O)N(C)C. The molecule has 152 valence electrons. The summed E-state index contributed by atoms with van der Waals surface area (Å²) in [5, 5.41) is 5.79.